The van der Waals surface area contributed by atoms with Crippen LogP contribution in [-0.4, -0.2) is 18.5 Å². The van der Waals surface area contributed by atoms with Crippen LogP contribution in [0.2, 0.25) is 0 Å². The molecule has 1 saturated carbocycles. The van der Waals surface area contributed by atoms with E-state index in [0.29, 0.717) is 19.1 Å². The molecule has 0 unspecified atom stereocenters. The Kier molecular flexibility index (Phi) is 6.87. The van der Waals surface area contributed by atoms with E-state index in [1.54, 1.807) is 6.92 Å². The second-order valence-electron chi connectivity index (χ2n) is 3.58. The van der Waals surface area contributed by atoms with Crippen molar-refractivity contribution in [3.63, 3.8) is 0 Å². The molecule has 0 aliphatic heterocycles. The van der Waals surface area contributed by atoms with Gasteiger partial charge in [0.15, 0.2) is 0 Å². The number of ketones is 1. The molecule has 0 bridgehead atoms. The number of ether oxygens (including phenoxy) is 1. The van der Waals surface area contributed by atoms with Gasteiger partial charge in [0.1, 0.15) is 5.78 Å². The molecule has 0 aromatic carbocycles. The maximum Gasteiger partial charge on any atom is 0.132 e. The highest BCUT2D eigenvalue weighted by atomic mass is 16.5. The van der Waals surface area contributed by atoms with E-state index in [9.17, 15) is 4.79 Å². The van der Waals surface area contributed by atoms with Crippen molar-refractivity contribution in [2.45, 2.75) is 59.0 Å². The normalized spacial score (nSPS) is 17.9. The number of rotatable bonds is 4. The third-order valence-corrected chi connectivity index (χ3v) is 2.36. The van der Waals surface area contributed by atoms with Crippen LogP contribution in [-0.2, 0) is 9.53 Å². The average Bonchev–Trinajstić information content (AvgIpc) is 2.05. The van der Waals surface area contributed by atoms with Gasteiger partial charge in [-0.15, -0.1) is 0 Å². The maximum atomic E-state index is 10.6. The van der Waals surface area contributed by atoms with Gasteiger partial charge in [0.2, 0.25) is 0 Å². The van der Waals surface area contributed by atoms with Gasteiger partial charge in [0.05, 0.1) is 12.7 Å². The molecule has 1 aliphatic carbocycles. The van der Waals surface area contributed by atoms with E-state index in [4.69, 9.17) is 4.74 Å². The minimum absolute atomic E-state index is 0. The van der Waals surface area contributed by atoms with Crippen molar-refractivity contribution in [1.82, 2.24) is 0 Å². The van der Waals surface area contributed by atoms with Gasteiger partial charge in [0.25, 0.3) is 0 Å². The van der Waals surface area contributed by atoms with Crippen LogP contribution in [0, 0.1) is 0 Å². The summed E-state index contributed by atoms with van der Waals surface area (Å²) in [5, 5.41) is 0. The number of hydrogen-bond donors (Lipinski definition) is 0. The Bertz CT molecular complexity index is 137. The lowest BCUT2D eigenvalue weighted by molar-refractivity contribution is -0.118. The van der Waals surface area contributed by atoms with E-state index in [1.807, 2.05) is 0 Å². The topological polar surface area (TPSA) is 26.3 Å². The van der Waals surface area contributed by atoms with E-state index in [0.717, 1.165) is 0 Å². The Morgan fingerprint density at radius 3 is 2.46 bits per heavy atom. The molecule has 0 radical (unpaired) electrons. The standard InChI is InChI=1S/C10H18O2.CH4/c1-9(11)7-8-12-10-5-3-2-4-6-10;/h10H,2-8H2,1H3;1H4. The fraction of sp³-hybridized carbons (Fsp3) is 0.909. The highest BCUT2D eigenvalue weighted by molar-refractivity contribution is 5.75. The van der Waals surface area contributed by atoms with E-state index < -0.39 is 0 Å². The predicted molar refractivity (Wildman–Crippen MR) is 54.9 cm³/mol. The summed E-state index contributed by atoms with van der Waals surface area (Å²) in [6.45, 7) is 2.24. The molecule has 1 aliphatic rings. The molecule has 13 heavy (non-hydrogen) atoms. The van der Waals surface area contributed by atoms with Crippen LogP contribution in [0.5, 0.6) is 0 Å². The molecule has 0 heterocycles. The van der Waals surface area contributed by atoms with Crippen LogP contribution < -0.4 is 0 Å². The first kappa shape index (κ1) is 12.6. The Morgan fingerprint density at radius 2 is 1.92 bits per heavy atom. The second-order valence-corrected chi connectivity index (χ2v) is 3.58. The maximum absolute atomic E-state index is 10.6. The lowest BCUT2D eigenvalue weighted by atomic mass is 9.98. The minimum Gasteiger partial charge on any atom is -0.378 e. The number of carbonyl (C=O) groups excluding carboxylic acids is 1. The van der Waals surface area contributed by atoms with Crippen LogP contribution in [0.3, 0.4) is 0 Å². The average molecular weight is 186 g/mol. The van der Waals surface area contributed by atoms with Crippen molar-refractivity contribution in [3.05, 3.63) is 0 Å². The number of hydrogen-bond acceptors (Lipinski definition) is 2. The van der Waals surface area contributed by atoms with E-state index in [2.05, 4.69) is 0 Å². The summed E-state index contributed by atoms with van der Waals surface area (Å²) < 4.78 is 5.57. The molecule has 0 N–H and O–H groups in total. The lowest BCUT2D eigenvalue weighted by Gasteiger charge is -2.21. The van der Waals surface area contributed by atoms with Gasteiger partial charge in [-0.2, -0.15) is 0 Å². The lowest BCUT2D eigenvalue weighted by Crippen LogP contribution is -2.17. The highest BCUT2D eigenvalue weighted by Crippen LogP contribution is 2.20. The summed E-state index contributed by atoms with van der Waals surface area (Å²) in [5.74, 6) is 0.228. The molecule has 0 aromatic heterocycles. The molecule has 0 atom stereocenters. The Labute approximate surface area is 81.7 Å². The summed E-state index contributed by atoms with van der Waals surface area (Å²) in [6.07, 6.45) is 7.35. The van der Waals surface area contributed by atoms with Crippen LogP contribution in [0.15, 0.2) is 0 Å². The summed E-state index contributed by atoms with van der Waals surface area (Å²) in [7, 11) is 0. The molecule has 0 spiro atoms. The van der Waals surface area contributed by atoms with Gasteiger partial charge in [0, 0.05) is 6.42 Å². The molecular formula is C11H22O2. The Hall–Kier alpha value is -0.370. The molecular weight excluding hydrogens is 164 g/mol. The first-order valence-electron chi connectivity index (χ1n) is 4.90. The predicted octanol–water partition coefficient (Wildman–Crippen LogP) is 2.95. The summed E-state index contributed by atoms with van der Waals surface area (Å²) in [5.41, 5.74) is 0. The van der Waals surface area contributed by atoms with Gasteiger partial charge in [-0.3, -0.25) is 4.79 Å². The molecule has 1 fully saturated rings. The molecule has 0 aromatic rings. The largest absolute Gasteiger partial charge is 0.378 e. The van der Waals surface area contributed by atoms with Crippen molar-refractivity contribution in [3.8, 4) is 0 Å². The number of Topliss-reactive ketones (excluding diaryl/α,β-unsaturated/α-hetero) is 1. The zero-order chi connectivity index (χ0) is 8.81. The van der Waals surface area contributed by atoms with Gasteiger partial charge >= 0.3 is 0 Å². The van der Waals surface area contributed by atoms with Crippen LogP contribution in [0.1, 0.15) is 52.9 Å². The van der Waals surface area contributed by atoms with Crippen molar-refractivity contribution >= 4 is 5.78 Å². The van der Waals surface area contributed by atoms with Gasteiger partial charge in [-0.25, -0.2) is 0 Å². The third-order valence-electron chi connectivity index (χ3n) is 2.36. The molecule has 78 valence electrons. The zero-order valence-electron chi connectivity index (χ0n) is 7.84. The molecule has 2 nitrogen and oxygen atoms in total. The quantitative estimate of drug-likeness (QED) is 0.674. The minimum atomic E-state index is 0. The van der Waals surface area contributed by atoms with E-state index in [1.165, 1.54) is 32.1 Å². The zero-order valence-corrected chi connectivity index (χ0v) is 7.84. The van der Waals surface area contributed by atoms with Gasteiger partial charge in [-0.05, 0) is 19.8 Å². The number of carbonyl (C=O) groups is 1. The van der Waals surface area contributed by atoms with E-state index >= 15 is 0 Å². The third kappa shape index (κ3) is 5.81. The molecule has 0 amide bonds. The fourth-order valence-corrected chi connectivity index (χ4v) is 1.60. The van der Waals surface area contributed by atoms with Crippen LogP contribution in [0.4, 0.5) is 0 Å². The smallest absolute Gasteiger partial charge is 0.132 e. The monoisotopic (exact) mass is 186 g/mol. The second kappa shape index (κ2) is 7.07. The first-order chi connectivity index (χ1) is 5.79. The SMILES string of the molecule is C.CC(=O)CCOC1CCCCC1. The summed E-state index contributed by atoms with van der Waals surface area (Å²) in [4.78, 5) is 10.6. The van der Waals surface area contributed by atoms with Gasteiger partial charge < -0.3 is 4.74 Å². The van der Waals surface area contributed by atoms with Crippen molar-refractivity contribution in [2.75, 3.05) is 6.61 Å². The Balaban J connectivity index is 0.00000144. The van der Waals surface area contributed by atoms with Crippen molar-refractivity contribution in [1.29, 1.82) is 0 Å². The van der Waals surface area contributed by atoms with E-state index in [-0.39, 0.29) is 13.2 Å². The van der Waals surface area contributed by atoms with Crippen molar-refractivity contribution in [2.24, 2.45) is 0 Å². The summed E-state index contributed by atoms with van der Waals surface area (Å²) in [6, 6.07) is 0. The first-order valence-corrected chi connectivity index (χ1v) is 4.90. The van der Waals surface area contributed by atoms with Crippen LogP contribution in [0.25, 0.3) is 0 Å². The van der Waals surface area contributed by atoms with Gasteiger partial charge in [-0.1, -0.05) is 26.7 Å². The molecule has 2 heteroatoms. The van der Waals surface area contributed by atoms with Crippen molar-refractivity contribution < 1.29 is 9.53 Å². The van der Waals surface area contributed by atoms with Crippen LogP contribution >= 0.6 is 0 Å². The highest BCUT2D eigenvalue weighted by Gasteiger charge is 2.13. The Morgan fingerprint density at radius 1 is 1.31 bits per heavy atom. The molecule has 0 saturated heterocycles. The molecule has 1 rings (SSSR count). The summed E-state index contributed by atoms with van der Waals surface area (Å²) >= 11 is 0. The fourth-order valence-electron chi connectivity index (χ4n) is 1.60.